The minimum Gasteiger partial charge on any atom is -0.363 e. The van der Waals surface area contributed by atoms with Crippen molar-refractivity contribution < 1.29 is 21.6 Å². The molecular formula is C26H32F3N3O2S. The number of hydrogen-bond acceptors (Lipinski definition) is 4. The fraction of sp³-hybridized carbons (Fsp3) is 0.577. The maximum Gasteiger partial charge on any atom is 0.243 e. The smallest absolute Gasteiger partial charge is 0.243 e. The van der Waals surface area contributed by atoms with Crippen LogP contribution in [0.2, 0.25) is 0 Å². The van der Waals surface area contributed by atoms with E-state index in [0.29, 0.717) is 43.0 Å². The van der Waals surface area contributed by atoms with E-state index in [-0.39, 0.29) is 23.7 Å². The van der Waals surface area contributed by atoms with Crippen molar-refractivity contribution in [3.8, 4) is 0 Å². The number of nitrogens with zero attached hydrogens (tertiary/aromatic N) is 3. The van der Waals surface area contributed by atoms with Gasteiger partial charge in [-0.1, -0.05) is 6.92 Å². The zero-order valence-corrected chi connectivity index (χ0v) is 20.7. The molecular weight excluding hydrogens is 475 g/mol. The van der Waals surface area contributed by atoms with Gasteiger partial charge in [-0.15, -0.1) is 0 Å². The highest BCUT2D eigenvalue weighted by Crippen LogP contribution is 2.42. The van der Waals surface area contributed by atoms with E-state index in [1.54, 1.807) is 0 Å². The zero-order chi connectivity index (χ0) is 24.7. The number of alkyl halides is 1. The Hall–Kier alpha value is -2.13. The fourth-order valence-electron chi connectivity index (χ4n) is 6.30. The summed E-state index contributed by atoms with van der Waals surface area (Å²) in [5.74, 6) is -0.163. The van der Waals surface area contributed by atoms with Gasteiger partial charge in [-0.05, 0) is 87.6 Å². The molecule has 3 fully saturated rings. The minimum atomic E-state index is -3.91. The Balaban J connectivity index is 1.26. The van der Waals surface area contributed by atoms with E-state index >= 15 is 0 Å². The van der Waals surface area contributed by atoms with Gasteiger partial charge in [0.25, 0.3) is 0 Å². The molecule has 190 valence electrons. The van der Waals surface area contributed by atoms with Gasteiger partial charge in [0.05, 0.1) is 16.8 Å². The Morgan fingerprint density at radius 1 is 1.06 bits per heavy atom. The molecule has 0 spiro atoms. The van der Waals surface area contributed by atoms with Crippen LogP contribution < -0.4 is 4.90 Å². The van der Waals surface area contributed by atoms with Gasteiger partial charge < -0.3 is 4.90 Å². The first kappa shape index (κ1) is 24.6. The molecule has 2 aromatic rings. The topological polar surface area (TPSA) is 53.5 Å². The van der Waals surface area contributed by atoms with Crippen LogP contribution in [0.1, 0.15) is 57.6 Å². The third-order valence-electron chi connectivity index (χ3n) is 7.84. The Bertz CT molecular complexity index is 1150. The van der Waals surface area contributed by atoms with E-state index in [1.807, 2.05) is 6.07 Å². The number of anilines is 1. The maximum atomic E-state index is 14.8. The highest BCUT2D eigenvalue weighted by molar-refractivity contribution is 7.89. The molecule has 2 unspecified atom stereocenters. The van der Waals surface area contributed by atoms with E-state index in [9.17, 15) is 21.6 Å². The number of pyridine rings is 1. The second kappa shape index (κ2) is 9.73. The summed E-state index contributed by atoms with van der Waals surface area (Å²) in [6.45, 7) is 2.07. The third kappa shape index (κ3) is 4.94. The van der Waals surface area contributed by atoms with Gasteiger partial charge >= 0.3 is 0 Å². The van der Waals surface area contributed by atoms with Crippen LogP contribution in [-0.2, 0) is 16.4 Å². The number of piperidine rings is 1. The van der Waals surface area contributed by atoms with Crippen molar-refractivity contribution in [2.75, 3.05) is 11.4 Å². The maximum absolute atomic E-state index is 14.8. The van der Waals surface area contributed by atoms with Crippen molar-refractivity contribution in [1.29, 1.82) is 0 Å². The molecule has 1 aromatic heterocycles. The molecule has 0 radical (unpaired) electrons. The van der Waals surface area contributed by atoms with E-state index in [0.717, 1.165) is 43.5 Å². The van der Waals surface area contributed by atoms with E-state index in [2.05, 4.69) is 16.8 Å². The van der Waals surface area contributed by atoms with Gasteiger partial charge in [-0.2, -0.15) is 4.31 Å². The fourth-order valence-corrected chi connectivity index (χ4v) is 7.99. The van der Waals surface area contributed by atoms with Crippen molar-refractivity contribution in [2.45, 2.75) is 87.5 Å². The lowest BCUT2D eigenvalue weighted by molar-refractivity contribution is 0.341. The van der Waals surface area contributed by atoms with Crippen molar-refractivity contribution in [1.82, 2.24) is 9.29 Å². The average molecular weight is 508 g/mol. The molecule has 3 aliphatic heterocycles. The highest BCUT2D eigenvalue weighted by Gasteiger charge is 2.41. The lowest BCUT2D eigenvalue weighted by atomic mass is 9.92. The molecule has 35 heavy (non-hydrogen) atoms. The van der Waals surface area contributed by atoms with E-state index in [4.69, 9.17) is 0 Å². The number of aromatic nitrogens is 1. The third-order valence-corrected chi connectivity index (χ3v) is 9.77. The summed E-state index contributed by atoms with van der Waals surface area (Å²) in [6.07, 6.45) is 6.19. The minimum absolute atomic E-state index is 0.0340. The van der Waals surface area contributed by atoms with Gasteiger partial charge in [0, 0.05) is 30.4 Å². The summed E-state index contributed by atoms with van der Waals surface area (Å²) in [6, 6.07) is 6.74. The first-order valence-corrected chi connectivity index (χ1v) is 14.0. The highest BCUT2D eigenvalue weighted by atomic mass is 32.2. The van der Waals surface area contributed by atoms with E-state index in [1.165, 1.54) is 22.6 Å². The molecule has 9 heteroatoms. The van der Waals surface area contributed by atoms with Gasteiger partial charge in [0.1, 0.15) is 12.0 Å². The first-order valence-electron chi connectivity index (χ1n) is 12.6. The monoisotopic (exact) mass is 507 g/mol. The summed E-state index contributed by atoms with van der Waals surface area (Å²) in [7, 11) is -3.91. The number of sulfonamides is 1. The second-order valence-electron chi connectivity index (χ2n) is 10.4. The number of rotatable bonds is 7. The molecule has 3 saturated heterocycles. The lowest BCUT2D eigenvalue weighted by Crippen LogP contribution is -2.43. The van der Waals surface area contributed by atoms with Crippen LogP contribution in [0.5, 0.6) is 0 Å². The molecule has 0 amide bonds. The second-order valence-corrected chi connectivity index (χ2v) is 12.3. The Kier molecular flexibility index (Phi) is 6.83. The van der Waals surface area contributed by atoms with Crippen LogP contribution in [0.15, 0.2) is 41.4 Å². The predicted molar refractivity (Wildman–Crippen MR) is 128 cm³/mol. The number of hydrogen-bond donors (Lipinski definition) is 0. The quantitative estimate of drug-likeness (QED) is 0.514. The molecule has 5 rings (SSSR count). The standard InChI is InChI=1S/C26H32F3N3O2S/c1-17-11-22-7-8-23(12-17)32(22)26-14-20(30-15-25(26)29)3-2-4-21-13-19(28)16-31(21)35(33,34)24-9-5-18(27)6-10-24/h5-6,9-10,14-15,17,19,21-23H,2-4,7-8,11-13,16H2,1H3/t17?,19-,21-,22?,23?/m1/s1. The summed E-state index contributed by atoms with van der Waals surface area (Å²) < 4.78 is 69.6. The lowest BCUT2D eigenvalue weighted by Gasteiger charge is -2.39. The number of fused-ring (bicyclic) bond motifs is 2. The normalized spacial score (nSPS) is 29.1. The molecule has 3 aliphatic rings. The Morgan fingerprint density at radius 3 is 2.43 bits per heavy atom. The predicted octanol–water partition coefficient (Wildman–Crippen LogP) is 5.25. The molecule has 4 heterocycles. The van der Waals surface area contributed by atoms with Gasteiger partial charge in [0.15, 0.2) is 5.82 Å². The largest absolute Gasteiger partial charge is 0.363 e. The molecule has 5 nitrogen and oxygen atoms in total. The summed E-state index contributed by atoms with van der Waals surface area (Å²) in [5.41, 5.74) is 1.39. The van der Waals surface area contributed by atoms with Crippen molar-refractivity contribution in [2.24, 2.45) is 5.92 Å². The van der Waals surface area contributed by atoms with Gasteiger partial charge in [0.2, 0.25) is 10.0 Å². The summed E-state index contributed by atoms with van der Waals surface area (Å²) in [4.78, 5) is 6.50. The average Bonchev–Trinajstić information content (AvgIpc) is 3.32. The van der Waals surface area contributed by atoms with Crippen molar-refractivity contribution in [3.63, 3.8) is 0 Å². The van der Waals surface area contributed by atoms with Crippen LogP contribution in [0.25, 0.3) is 0 Å². The molecule has 2 bridgehead atoms. The molecule has 0 saturated carbocycles. The van der Waals surface area contributed by atoms with Crippen molar-refractivity contribution in [3.05, 3.63) is 53.9 Å². The van der Waals surface area contributed by atoms with Crippen LogP contribution >= 0.6 is 0 Å². The first-order chi connectivity index (χ1) is 16.7. The molecule has 1 aromatic carbocycles. The van der Waals surface area contributed by atoms with Crippen molar-refractivity contribution >= 4 is 15.7 Å². The van der Waals surface area contributed by atoms with Gasteiger partial charge in [-0.3, -0.25) is 4.98 Å². The molecule has 0 aliphatic carbocycles. The van der Waals surface area contributed by atoms with Crippen LogP contribution in [0.3, 0.4) is 0 Å². The SMILES string of the molecule is CC1CC2CCC(C1)N2c1cc(CCC[C@@H]2C[C@@H](F)CN2S(=O)(=O)c2ccc(F)cc2)ncc1F. The van der Waals surface area contributed by atoms with Crippen LogP contribution in [0.4, 0.5) is 18.9 Å². The Labute approximate surface area is 205 Å². The number of benzene rings is 1. The van der Waals surface area contributed by atoms with Crippen LogP contribution in [-0.4, -0.2) is 48.5 Å². The number of aryl methyl sites for hydroxylation is 1. The zero-order valence-electron chi connectivity index (χ0n) is 19.9. The molecule has 0 N–H and O–H groups in total. The number of halogens is 3. The summed E-state index contributed by atoms with van der Waals surface area (Å²) >= 11 is 0. The summed E-state index contributed by atoms with van der Waals surface area (Å²) in [5, 5.41) is 0. The Morgan fingerprint density at radius 2 is 1.74 bits per heavy atom. The van der Waals surface area contributed by atoms with Gasteiger partial charge in [-0.25, -0.2) is 21.6 Å². The molecule has 4 atom stereocenters. The van der Waals surface area contributed by atoms with Crippen LogP contribution in [0, 0.1) is 17.6 Å². The van der Waals surface area contributed by atoms with E-state index < -0.39 is 28.1 Å².